The van der Waals surface area contributed by atoms with Gasteiger partial charge in [-0.15, -0.1) is 5.10 Å². The minimum absolute atomic E-state index is 0.238. The number of hydrogen-bond acceptors (Lipinski definition) is 4. The van der Waals surface area contributed by atoms with Gasteiger partial charge in [0.2, 0.25) is 0 Å². The molecule has 1 saturated heterocycles. The Labute approximate surface area is 133 Å². The average molecular weight is 326 g/mol. The van der Waals surface area contributed by atoms with Crippen molar-refractivity contribution in [2.45, 2.75) is 19.5 Å². The molecule has 0 aliphatic carbocycles. The van der Waals surface area contributed by atoms with Crippen molar-refractivity contribution in [3.63, 3.8) is 0 Å². The van der Waals surface area contributed by atoms with Crippen LogP contribution in [0.15, 0.2) is 24.4 Å². The van der Waals surface area contributed by atoms with E-state index in [-0.39, 0.29) is 6.04 Å². The van der Waals surface area contributed by atoms with Gasteiger partial charge in [0.1, 0.15) is 0 Å². The topological polar surface area (TPSA) is 60.0 Å². The molecule has 0 saturated carbocycles. The number of nitrogens with two attached hydrogens (primary N) is 1. The molecule has 0 spiro atoms. The number of rotatable bonds is 3. The minimum atomic E-state index is 0.238. The summed E-state index contributed by atoms with van der Waals surface area (Å²) in [5.74, 6) is 0.516. The number of nitrogens with zero attached hydrogens (tertiary/aromatic N) is 4. The lowest BCUT2D eigenvalue weighted by Gasteiger charge is -2.12. The molecular weight excluding hydrogens is 309 g/mol. The smallest absolute Gasteiger partial charge is 0.0971 e. The highest BCUT2D eigenvalue weighted by Crippen LogP contribution is 2.28. The van der Waals surface area contributed by atoms with Crippen molar-refractivity contribution in [3.05, 3.63) is 40.1 Å². The fraction of sp³-hybridized carbons (Fsp3) is 0.429. The van der Waals surface area contributed by atoms with Crippen LogP contribution in [-0.4, -0.2) is 39.0 Å². The van der Waals surface area contributed by atoms with E-state index < -0.39 is 0 Å². The van der Waals surface area contributed by atoms with Crippen LogP contribution in [0.3, 0.4) is 0 Å². The standard InChI is InChI=1S/C14H17Cl2N5/c1-9-5-20(8-12(9)17)6-10-7-21(19-18-10)13-4-2-3-11(15)14(13)16/h2-4,7,9,12H,5-6,8,17H2,1H3. The molecule has 7 heteroatoms. The monoisotopic (exact) mass is 325 g/mol. The van der Waals surface area contributed by atoms with Gasteiger partial charge in [-0.25, -0.2) is 4.68 Å². The number of likely N-dealkylation sites (tertiary alicyclic amines) is 1. The van der Waals surface area contributed by atoms with Crippen molar-refractivity contribution in [2.75, 3.05) is 13.1 Å². The number of benzene rings is 1. The van der Waals surface area contributed by atoms with E-state index in [1.165, 1.54) is 0 Å². The van der Waals surface area contributed by atoms with Crippen LogP contribution >= 0.6 is 23.2 Å². The second kappa shape index (κ2) is 5.93. The van der Waals surface area contributed by atoms with Crippen LogP contribution in [-0.2, 0) is 6.54 Å². The predicted molar refractivity (Wildman–Crippen MR) is 83.8 cm³/mol. The molecule has 5 nitrogen and oxygen atoms in total. The summed E-state index contributed by atoms with van der Waals surface area (Å²) in [7, 11) is 0. The van der Waals surface area contributed by atoms with Crippen molar-refractivity contribution in [3.8, 4) is 5.69 Å². The van der Waals surface area contributed by atoms with Gasteiger partial charge >= 0.3 is 0 Å². The zero-order chi connectivity index (χ0) is 15.0. The molecule has 2 atom stereocenters. The Morgan fingerprint density at radius 2 is 2.14 bits per heavy atom. The minimum Gasteiger partial charge on any atom is -0.326 e. The summed E-state index contributed by atoms with van der Waals surface area (Å²) in [6, 6.07) is 5.69. The van der Waals surface area contributed by atoms with Crippen molar-refractivity contribution in [1.29, 1.82) is 0 Å². The molecule has 1 aliphatic rings. The summed E-state index contributed by atoms with van der Waals surface area (Å²) in [4.78, 5) is 2.29. The predicted octanol–water partition coefficient (Wildman–Crippen LogP) is 2.35. The highest BCUT2D eigenvalue weighted by atomic mass is 35.5. The Kier molecular flexibility index (Phi) is 4.17. The van der Waals surface area contributed by atoms with Gasteiger partial charge in [0.15, 0.2) is 0 Å². The molecule has 1 fully saturated rings. The Morgan fingerprint density at radius 1 is 1.33 bits per heavy atom. The molecule has 21 heavy (non-hydrogen) atoms. The third-order valence-corrected chi connectivity index (χ3v) is 4.66. The van der Waals surface area contributed by atoms with E-state index in [0.717, 1.165) is 31.0 Å². The SMILES string of the molecule is CC1CN(Cc2cn(-c3cccc(Cl)c3Cl)nn2)CC1N. The van der Waals surface area contributed by atoms with Gasteiger partial charge < -0.3 is 5.73 Å². The van der Waals surface area contributed by atoms with E-state index in [4.69, 9.17) is 28.9 Å². The van der Waals surface area contributed by atoms with E-state index in [2.05, 4.69) is 22.1 Å². The molecule has 2 N–H and O–H groups in total. The second-order valence-electron chi connectivity index (χ2n) is 5.56. The Balaban J connectivity index is 1.76. The van der Waals surface area contributed by atoms with Gasteiger partial charge in [0.05, 0.1) is 27.6 Å². The van der Waals surface area contributed by atoms with E-state index in [1.807, 2.05) is 18.3 Å². The van der Waals surface area contributed by atoms with Gasteiger partial charge in [0, 0.05) is 25.7 Å². The molecular formula is C14H17Cl2N5. The van der Waals surface area contributed by atoms with Crippen molar-refractivity contribution < 1.29 is 0 Å². The number of hydrogen-bond donors (Lipinski definition) is 1. The summed E-state index contributed by atoms with van der Waals surface area (Å²) in [6.07, 6.45) is 1.88. The first-order chi connectivity index (χ1) is 10.0. The first kappa shape index (κ1) is 14.8. The maximum absolute atomic E-state index is 6.20. The largest absolute Gasteiger partial charge is 0.326 e. The van der Waals surface area contributed by atoms with Gasteiger partial charge in [-0.2, -0.15) is 0 Å². The van der Waals surface area contributed by atoms with Gasteiger partial charge in [-0.05, 0) is 18.1 Å². The van der Waals surface area contributed by atoms with E-state index in [9.17, 15) is 0 Å². The molecule has 1 aromatic heterocycles. The van der Waals surface area contributed by atoms with Crippen LogP contribution in [0.5, 0.6) is 0 Å². The van der Waals surface area contributed by atoms with Gasteiger partial charge in [0.25, 0.3) is 0 Å². The van der Waals surface area contributed by atoms with Crippen molar-refractivity contribution >= 4 is 23.2 Å². The lowest BCUT2D eigenvalue weighted by atomic mass is 10.1. The van der Waals surface area contributed by atoms with Gasteiger partial charge in [-0.3, -0.25) is 4.90 Å². The Morgan fingerprint density at radius 3 is 2.86 bits per heavy atom. The third kappa shape index (κ3) is 3.06. The van der Waals surface area contributed by atoms with Crippen LogP contribution in [0.4, 0.5) is 0 Å². The molecule has 1 aliphatic heterocycles. The first-order valence-electron chi connectivity index (χ1n) is 6.88. The highest BCUT2D eigenvalue weighted by Gasteiger charge is 2.26. The normalized spacial score (nSPS) is 22.9. The second-order valence-corrected chi connectivity index (χ2v) is 6.35. The summed E-state index contributed by atoms with van der Waals surface area (Å²) < 4.78 is 1.66. The summed E-state index contributed by atoms with van der Waals surface area (Å²) in [5.41, 5.74) is 7.67. The van der Waals surface area contributed by atoms with Gasteiger partial charge in [-0.1, -0.05) is 41.4 Å². The molecule has 2 aromatic rings. The molecule has 0 bridgehead atoms. The van der Waals surface area contributed by atoms with Crippen LogP contribution in [0, 0.1) is 5.92 Å². The molecule has 3 rings (SSSR count). The highest BCUT2D eigenvalue weighted by molar-refractivity contribution is 6.43. The van der Waals surface area contributed by atoms with E-state index in [1.54, 1.807) is 10.7 Å². The van der Waals surface area contributed by atoms with E-state index >= 15 is 0 Å². The average Bonchev–Trinajstić information content (AvgIpc) is 3.01. The number of halogens is 2. The zero-order valence-corrected chi connectivity index (χ0v) is 13.2. The van der Waals surface area contributed by atoms with Crippen molar-refractivity contribution in [1.82, 2.24) is 19.9 Å². The quantitative estimate of drug-likeness (QED) is 0.941. The first-order valence-corrected chi connectivity index (χ1v) is 7.63. The molecule has 0 amide bonds. The fourth-order valence-electron chi connectivity index (χ4n) is 2.61. The molecule has 2 heterocycles. The Bertz CT molecular complexity index is 632. The summed E-state index contributed by atoms with van der Waals surface area (Å²) >= 11 is 12.2. The van der Waals surface area contributed by atoms with Crippen LogP contribution in [0.25, 0.3) is 5.69 Å². The van der Waals surface area contributed by atoms with E-state index in [0.29, 0.717) is 16.0 Å². The summed E-state index contributed by atoms with van der Waals surface area (Å²) in [5, 5.41) is 9.32. The molecule has 1 aromatic carbocycles. The lowest BCUT2D eigenvalue weighted by molar-refractivity contribution is 0.315. The van der Waals surface area contributed by atoms with Crippen LogP contribution < -0.4 is 5.73 Å². The van der Waals surface area contributed by atoms with Crippen LogP contribution in [0.2, 0.25) is 10.0 Å². The maximum atomic E-state index is 6.20. The Hall–Kier alpha value is -1.14. The summed E-state index contributed by atoms with van der Waals surface area (Å²) in [6.45, 7) is 4.81. The maximum Gasteiger partial charge on any atom is 0.0971 e. The van der Waals surface area contributed by atoms with Crippen molar-refractivity contribution in [2.24, 2.45) is 11.7 Å². The fourth-order valence-corrected chi connectivity index (χ4v) is 2.99. The third-order valence-electron chi connectivity index (χ3n) is 3.85. The molecule has 112 valence electrons. The zero-order valence-electron chi connectivity index (χ0n) is 11.7. The molecule has 0 radical (unpaired) electrons. The number of aromatic nitrogens is 3. The lowest BCUT2D eigenvalue weighted by Crippen LogP contribution is -2.28. The van der Waals surface area contributed by atoms with Crippen LogP contribution in [0.1, 0.15) is 12.6 Å². The molecule has 2 unspecified atom stereocenters.